The Labute approximate surface area is 196 Å². The molecule has 1 aliphatic rings. The summed E-state index contributed by atoms with van der Waals surface area (Å²) in [5.74, 6) is 2.66. The van der Waals surface area contributed by atoms with Gasteiger partial charge in [-0.2, -0.15) is 5.10 Å². The van der Waals surface area contributed by atoms with Crippen LogP contribution in [-0.4, -0.2) is 66.0 Å². The summed E-state index contributed by atoms with van der Waals surface area (Å²) in [4.78, 5) is 23.1. The van der Waals surface area contributed by atoms with Gasteiger partial charge in [0, 0.05) is 18.3 Å². The number of ether oxygens (including phenoxy) is 3. The van der Waals surface area contributed by atoms with Crippen molar-refractivity contribution in [2.24, 2.45) is 0 Å². The number of benzene rings is 2. The molecule has 0 spiro atoms. The predicted octanol–water partition coefficient (Wildman–Crippen LogP) is 2.98. The van der Waals surface area contributed by atoms with Gasteiger partial charge in [-0.25, -0.2) is 4.98 Å². The second-order valence-corrected chi connectivity index (χ2v) is 8.65. The summed E-state index contributed by atoms with van der Waals surface area (Å²) >= 11 is 0. The van der Waals surface area contributed by atoms with E-state index in [-0.39, 0.29) is 11.5 Å². The third-order valence-corrected chi connectivity index (χ3v) is 5.98. The Hall–Kier alpha value is -3.85. The van der Waals surface area contributed by atoms with E-state index < -0.39 is 0 Å². The van der Waals surface area contributed by atoms with Gasteiger partial charge in [0.25, 0.3) is 5.56 Å². The van der Waals surface area contributed by atoms with Crippen LogP contribution in [0, 0.1) is 0 Å². The van der Waals surface area contributed by atoms with Crippen LogP contribution in [0.25, 0.3) is 22.0 Å². The lowest BCUT2D eigenvalue weighted by atomic mass is 9.95. The van der Waals surface area contributed by atoms with E-state index in [9.17, 15) is 4.79 Å². The van der Waals surface area contributed by atoms with Crippen molar-refractivity contribution in [1.82, 2.24) is 25.1 Å². The smallest absolute Gasteiger partial charge is 0.258 e. The normalized spacial score (nSPS) is 15.2. The summed E-state index contributed by atoms with van der Waals surface area (Å²) in [6, 6.07) is 9.50. The summed E-state index contributed by atoms with van der Waals surface area (Å²) in [7, 11) is 5.61. The van der Waals surface area contributed by atoms with Gasteiger partial charge in [0.1, 0.15) is 35.2 Å². The molecule has 0 bridgehead atoms. The molecule has 1 unspecified atom stereocenters. The molecule has 3 heterocycles. The third-order valence-electron chi connectivity index (χ3n) is 5.98. The third kappa shape index (κ3) is 4.34. The Bertz CT molecular complexity index is 1360. The first-order chi connectivity index (χ1) is 16.5. The second kappa shape index (κ2) is 9.18. The molecule has 2 aromatic heterocycles. The molecule has 0 fully saturated rings. The standard InChI is InChI=1S/C25H27N5O4/c1-30(2)6-7-33-22-11-15(18-12-26-27-13-18)10-20-23(22)28-24(29-25(20)31)17-8-16-9-19(32-3)4-5-21(16)34-14-17/h4-5,9-13,17H,6-8,14H2,1-3H3,(H,26,27)(H,28,29,31). The fourth-order valence-corrected chi connectivity index (χ4v) is 4.12. The van der Waals surface area contributed by atoms with Crippen LogP contribution in [0.2, 0.25) is 0 Å². The van der Waals surface area contributed by atoms with Gasteiger partial charge in [0.2, 0.25) is 0 Å². The molecule has 5 rings (SSSR count). The highest BCUT2D eigenvalue weighted by Crippen LogP contribution is 2.35. The molecular formula is C25H27N5O4. The maximum absolute atomic E-state index is 13.2. The van der Waals surface area contributed by atoms with Gasteiger partial charge in [0.05, 0.1) is 31.2 Å². The molecule has 9 nitrogen and oxygen atoms in total. The number of H-pyrrole nitrogens is 2. The highest BCUT2D eigenvalue weighted by molar-refractivity contribution is 5.89. The molecule has 1 aliphatic heterocycles. The van der Waals surface area contributed by atoms with Crippen molar-refractivity contribution in [3.05, 3.63) is 64.5 Å². The molecule has 34 heavy (non-hydrogen) atoms. The maximum atomic E-state index is 13.2. The average molecular weight is 462 g/mol. The SMILES string of the molecule is COc1ccc2c(c1)CC(c1nc3c(OCCN(C)C)cc(-c4cn[nH]c4)cc3c(=O)[nH]1)CO2. The van der Waals surface area contributed by atoms with Crippen molar-refractivity contribution >= 4 is 10.9 Å². The zero-order chi connectivity index (χ0) is 23.7. The molecule has 2 N–H and O–H groups in total. The first kappa shape index (κ1) is 22.0. The summed E-state index contributed by atoms with van der Waals surface area (Å²) in [5.41, 5.74) is 3.06. The largest absolute Gasteiger partial charge is 0.497 e. The molecule has 176 valence electrons. The van der Waals surface area contributed by atoms with Crippen LogP contribution in [0.4, 0.5) is 0 Å². The van der Waals surface area contributed by atoms with Crippen molar-refractivity contribution in [3.63, 3.8) is 0 Å². The molecule has 0 aliphatic carbocycles. The van der Waals surface area contributed by atoms with Crippen molar-refractivity contribution in [3.8, 4) is 28.4 Å². The van der Waals surface area contributed by atoms with Crippen molar-refractivity contribution in [2.45, 2.75) is 12.3 Å². The maximum Gasteiger partial charge on any atom is 0.258 e. The average Bonchev–Trinajstić information content (AvgIpc) is 3.38. The lowest BCUT2D eigenvalue weighted by molar-refractivity contribution is 0.256. The summed E-state index contributed by atoms with van der Waals surface area (Å²) in [5, 5.41) is 7.31. The van der Waals surface area contributed by atoms with Gasteiger partial charge in [0.15, 0.2) is 0 Å². The van der Waals surface area contributed by atoms with Crippen molar-refractivity contribution in [2.75, 3.05) is 41.0 Å². The Kier molecular flexibility index (Phi) is 5.93. The van der Waals surface area contributed by atoms with Crippen molar-refractivity contribution < 1.29 is 14.2 Å². The number of nitrogens with one attached hydrogen (secondary N) is 2. The van der Waals surface area contributed by atoms with E-state index in [0.717, 1.165) is 34.7 Å². The number of aromatic nitrogens is 4. The number of methoxy groups -OCH3 is 1. The number of fused-ring (bicyclic) bond motifs is 2. The number of hydrogen-bond donors (Lipinski definition) is 2. The highest BCUT2D eigenvalue weighted by atomic mass is 16.5. The number of likely N-dealkylation sites (N-methyl/N-ethyl adjacent to an activating group) is 1. The van der Waals surface area contributed by atoms with E-state index in [0.29, 0.717) is 42.1 Å². The van der Waals surface area contributed by atoms with Gasteiger partial charge < -0.3 is 24.1 Å². The Morgan fingerprint density at radius 2 is 2.09 bits per heavy atom. The minimum Gasteiger partial charge on any atom is -0.497 e. The van der Waals surface area contributed by atoms with Crippen LogP contribution in [0.3, 0.4) is 0 Å². The zero-order valence-corrected chi connectivity index (χ0v) is 19.4. The van der Waals surface area contributed by atoms with E-state index in [2.05, 4.69) is 15.2 Å². The Morgan fingerprint density at radius 1 is 1.21 bits per heavy atom. The van der Waals surface area contributed by atoms with Crippen molar-refractivity contribution in [1.29, 1.82) is 0 Å². The first-order valence-corrected chi connectivity index (χ1v) is 11.2. The van der Waals surface area contributed by atoms with Gasteiger partial charge in [-0.3, -0.25) is 9.89 Å². The van der Waals surface area contributed by atoms with E-state index in [1.807, 2.05) is 49.3 Å². The number of rotatable bonds is 7. The second-order valence-electron chi connectivity index (χ2n) is 8.65. The molecule has 0 saturated carbocycles. The van der Waals surface area contributed by atoms with Crippen LogP contribution < -0.4 is 19.8 Å². The summed E-state index contributed by atoms with van der Waals surface area (Å²) in [6.07, 6.45) is 4.18. The minimum absolute atomic E-state index is 0.0973. The molecule has 1 atom stereocenters. The van der Waals surface area contributed by atoms with Crippen LogP contribution in [0.5, 0.6) is 17.2 Å². The number of nitrogens with zero attached hydrogens (tertiary/aromatic N) is 3. The Morgan fingerprint density at radius 3 is 2.85 bits per heavy atom. The van der Waals surface area contributed by atoms with Gasteiger partial charge in [-0.15, -0.1) is 0 Å². The highest BCUT2D eigenvalue weighted by Gasteiger charge is 2.25. The molecule has 9 heteroatoms. The quantitative estimate of drug-likeness (QED) is 0.436. The van der Waals surface area contributed by atoms with E-state index in [4.69, 9.17) is 19.2 Å². The van der Waals surface area contributed by atoms with Gasteiger partial charge in [-0.05, 0) is 62.0 Å². The number of hydrogen-bond acceptors (Lipinski definition) is 7. The molecule has 2 aromatic carbocycles. The predicted molar refractivity (Wildman–Crippen MR) is 129 cm³/mol. The van der Waals surface area contributed by atoms with Crippen LogP contribution in [-0.2, 0) is 6.42 Å². The lowest BCUT2D eigenvalue weighted by Crippen LogP contribution is -2.24. The van der Waals surface area contributed by atoms with E-state index >= 15 is 0 Å². The lowest BCUT2D eigenvalue weighted by Gasteiger charge is -2.25. The number of aromatic amines is 2. The first-order valence-electron chi connectivity index (χ1n) is 11.2. The van der Waals surface area contributed by atoms with E-state index in [1.54, 1.807) is 19.5 Å². The van der Waals surface area contributed by atoms with Crippen LogP contribution in [0.1, 0.15) is 17.3 Å². The monoisotopic (exact) mass is 461 g/mol. The van der Waals surface area contributed by atoms with Gasteiger partial charge >= 0.3 is 0 Å². The van der Waals surface area contributed by atoms with Crippen LogP contribution in [0.15, 0.2) is 47.5 Å². The minimum atomic E-state index is -0.209. The van der Waals surface area contributed by atoms with E-state index in [1.165, 1.54) is 0 Å². The van der Waals surface area contributed by atoms with Crippen LogP contribution >= 0.6 is 0 Å². The summed E-state index contributed by atoms with van der Waals surface area (Å²) in [6.45, 7) is 1.64. The summed E-state index contributed by atoms with van der Waals surface area (Å²) < 4.78 is 17.4. The zero-order valence-electron chi connectivity index (χ0n) is 19.4. The van der Waals surface area contributed by atoms with Gasteiger partial charge in [-0.1, -0.05) is 0 Å². The molecule has 0 radical (unpaired) electrons. The molecule has 0 saturated heterocycles. The molecule has 0 amide bonds. The Balaban J connectivity index is 1.55. The topological polar surface area (TPSA) is 105 Å². The molecular weight excluding hydrogens is 434 g/mol. The molecule has 4 aromatic rings. The fraction of sp³-hybridized carbons (Fsp3) is 0.320. The fourth-order valence-electron chi connectivity index (χ4n) is 4.12.